The van der Waals surface area contributed by atoms with Gasteiger partial charge in [-0.2, -0.15) is 0 Å². The van der Waals surface area contributed by atoms with E-state index in [4.69, 9.17) is 4.74 Å². The van der Waals surface area contributed by atoms with E-state index in [0.29, 0.717) is 13.0 Å². The highest BCUT2D eigenvalue weighted by molar-refractivity contribution is 6.75. The third-order valence-corrected chi connectivity index (χ3v) is 4.28. The predicted octanol–water partition coefficient (Wildman–Crippen LogP) is 0.985. The van der Waals surface area contributed by atoms with Crippen molar-refractivity contribution >= 4 is 20.1 Å². The Labute approximate surface area is 85.3 Å². The maximum Gasteiger partial charge on any atom is 0.302 e. The second-order valence-electron chi connectivity index (χ2n) is 4.61. The van der Waals surface area contributed by atoms with Crippen LogP contribution in [0.2, 0.25) is 19.6 Å². The van der Waals surface area contributed by atoms with Gasteiger partial charge >= 0.3 is 5.97 Å². The number of ether oxygens (including phenoxy) is 1. The SMILES string of the molecule is CC(=O)OC1CC(=O)N([Si](C)(C)C)C1. The van der Waals surface area contributed by atoms with Crippen molar-refractivity contribution in [3.63, 3.8) is 0 Å². The van der Waals surface area contributed by atoms with Crippen LogP contribution in [0.25, 0.3) is 0 Å². The molecule has 1 amide bonds. The van der Waals surface area contributed by atoms with Crippen LogP contribution in [0.1, 0.15) is 13.3 Å². The molecule has 1 aliphatic heterocycles. The van der Waals surface area contributed by atoms with Crippen LogP contribution in [0, 0.1) is 0 Å². The van der Waals surface area contributed by atoms with Crippen molar-refractivity contribution in [1.82, 2.24) is 4.57 Å². The van der Waals surface area contributed by atoms with E-state index in [1.807, 2.05) is 4.57 Å². The topological polar surface area (TPSA) is 46.6 Å². The Morgan fingerprint density at radius 1 is 1.50 bits per heavy atom. The first-order valence-corrected chi connectivity index (χ1v) is 8.23. The standard InChI is InChI=1S/C9H17NO3Si/c1-7(11)13-8-5-9(12)10(6-8)14(2,3)4/h8H,5-6H2,1-4H3. The number of esters is 1. The summed E-state index contributed by atoms with van der Waals surface area (Å²) in [4.78, 5) is 22.3. The van der Waals surface area contributed by atoms with Gasteiger partial charge in [-0.1, -0.05) is 19.6 Å². The van der Waals surface area contributed by atoms with Crippen molar-refractivity contribution < 1.29 is 14.3 Å². The number of hydrogen-bond acceptors (Lipinski definition) is 3. The number of nitrogens with zero attached hydrogens (tertiary/aromatic N) is 1. The van der Waals surface area contributed by atoms with Gasteiger partial charge in [-0.05, 0) is 0 Å². The van der Waals surface area contributed by atoms with Crippen molar-refractivity contribution in [2.45, 2.75) is 39.1 Å². The van der Waals surface area contributed by atoms with Crippen LogP contribution in [-0.4, -0.2) is 37.3 Å². The van der Waals surface area contributed by atoms with E-state index in [9.17, 15) is 9.59 Å². The van der Waals surface area contributed by atoms with Gasteiger partial charge in [0.25, 0.3) is 0 Å². The molecule has 0 aliphatic carbocycles. The molecule has 0 N–H and O–H groups in total. The Kier molecular flexibility index (Phi) is 2.99. The zero-order chi connectivity index (χ0) is 10.9. The van der Waals surface area contributed by atoms with E-state index >= 15 is 0 Å². The Morgan fingerprint density at radius 2 is 2.07 bits per heavy atom. The van der Waals surface area contributed by atoms with Crippen LogP contribution < -0.4 is 0 Å². The van der Waals surface area contributed by atoms with Gasteiger partial charge in [0.15, 0.2) is 8.24 Å². The second-order valence-corrected chi connectivity index (χ2v) is 9.49. The Balaban J connectivity index is 2.61. The first-order chi connectivity index (χ1) is 6.30. The van der Waals surface area contributed by atoms with E-state index in [1.165, 1.54) is 6.92 Å². The summed E-state index contributed by atoms with van der Waals surface area (Å²) in [5.74, 6) is -0.185. The van der Waals surface area contributed by atoms with Crippen molar-refractivity contribution in [2.75, 3.05) is 6.54 Å². The second kappa shape index (κ2) is 3.72. The lowest BCUT2D eigenvalue weighted by molar-refractivity contribution is -0.145. The average molecular weight is 215 g/mol. The zero-order valence-corrected chi connectivity index (χ0v) is 10.2. The van der Waals surface area contributed by atoms with Crippen LogP contribution in [0.15, 0.2) is 0 Å². The van der Waals surface area contributed by atoms with Crippen LogP contribution in [0.4, 0.5) is 0 Å². The fourth-order valence-electron chi connectivity index (χ4n) is 1.64. The van der Waals surface area contributed by atoms with Gasteiger partial charge in [0.1, 0.15) is 6.10 Å². The molecular weight excluding hydrogens is 198 g/mol. The molecule has 1 atom stereocenters. The molecular formula is C9H17NO3Si. The predicted molar refractivity (Wildman–Crippen MR) is 55.2 cm³/mol. The minimum absolute atomic E-state index is 0.121. The van der Waals surface area contributed by atoms with Crippen molar-refractivity contribution in [2.24, 2.45) is 0 Å². The fraction of sp³-hybridized carbons (Fsp3) is 0.778. The molecule has 4 nitrogen and oxygen atoms in total. The molecule has 14 heavy (non-hydrogen) atoms. The molecule has 0 radical (unpaired) electrons. The number of rotatable bonds is 2. The number of amides is 1. The molecule has 1 heterocycles. The largest absolute Gasteiger partial charge is 0.460 e. The van der Waals surface area contributed by atoms with E-state index in [0.717, 1.165) is 0 Å². The van der Waals surface area contributed by atoms with Crippen molar-refractivity contribution in [3.8, 4) is 0 Å². The first-order valence-electron chi connectivity index (χ1n) is 4.78. The van der Waals surface area contributed by atoms with Crippen LogP contribution in [0.3, 0.4) is 0 Å². The summed E-state index contributed by atoms with van der Waals surface area (Å²) in [5, 5.41) is 0. The van der Waals surface area contributed by atoms with Crippen LogP contribution in [-0.2, 0) is 14.3 Å². The van der Waals surface area contributed by atoms with Gasteiger partial charge in [0.05, 0.1) is 6.42 Å². The van der Waals surface area contributed by atoms with Gasteiger partial charge in [-0.15, -0.1) is 0 Å². The number of hydrogen-bond donors (Lipinski definition) is 0. The molecule has 0 aromatic heterocycles. The molecule has 80 valence electrons. The lowest BCUT2D eigenvalue weighted by atomic mass is 10.3. The molecule has 0 bridgehead atoms. The smallest absolute Gasteiger partial charge is 0.302 e. The first kappa shape index (κ1) is 11.2. The van der Waals surface area contributed by atoms with Crippen LogP contribution >= 0.6 is 0 Å². The summed E-state index contributed by atoms with van der Waals surface area (Å²) in [7, 11) is -1.59. The third kappa shape index (κ3) is 2.57. The summed E-state index contributed by atoms with van der Waals surface area (Å²) in [6, 6.07) is 0. The highest BCUT2D eigenvalue weighted by Gasteiger charge is 2.38. The molecule has 0 saturated carbocycles. The molecule has 1 aliphatic rings. The number of carbonyl (C=O) groups excluding carboxylic acids is 2. The Bertz CT molecular complexity index is 259. The molecule has 0 aromatic carbocycles. The Morgan fingerprint density at radius 3 is 2.43 bits per heavy atom. The maximum absolute atomic E-state index is 11.6. The quantitative estimate of drug-likeness (QED) is 0.509. The van der Waals surface area contributed by atoms with E-state index in [1.54, 1.807) is 0 Å². The molecule has 1 fully saturated rings. The summed E-state index contributed by atoms with van der Waals surface area (Å²) in [6.45, 7) is 8.29. The molecule has 0 spiro atoms. The molecule has 0 aromatic rings. The fourth-order valence-corrected chi connectivity index (χ4v) is 3.23. The zero-order valence-electron chi connectivity index (χ0n) is 9.16. The van der Waals surface area contributed by atoms with E-state index in [2.05, 4.69) is 19.6 Å². The minimum Gasteiger partial charge on any atom is -0.460 e. The highest BCUT2D eigenvalue weighted by Crippen LogP contribution is 2.21. The summed E-state index contributed by atoms with van der Waals surface area (Å²) < 4.78 is 6.92. The summed E-state index contributed by atoms with van der Waals surface area (Å²) in [5.41, 5.74) is 0. The lowest BCUT2D eigenvalue weighted by Gasteiger charge is -2.29. The van der Waals surface area contributed by atoms with Crippen molar-refractivity contribution in [1.29, 1.82) is 0 Å². The van der Waals surface area contributed by atoms with E-state index in [-0.39, 0.29) is 18.0 Å². The van der Waals surface area contributed by atoms with Gasteiger partial charge in [-0.25, -0.2) is 0 Å². The van der Waals surface area contributed by atoms with Gasteiger partial charge < -0.3 is 9.30 Å². The van der Waals surface area contributed by atoms with Gasteiger partial charge in [0.2, 0.25) is 5.91 Å². The summed E-state index contributed by atoms with van der Waals surface area (Å²) >= 11 is 0. The van der Waals surface area contributed by atoms with E-state index < -0.39 is 8.24 Å². The lowest BCUT2D eigenvalue weighted by Crippen LogP contribution is -2.47. The monoisotopic (exact) mass is 215 g/mol. The minimum atomic E-state index is -1.59. The molecule has 1 unspecified atom stereocenters. The summed E-state index contributed by atoms with van der Waals surface area (Å²) in [6.07, 6.45) is 0.121. The van der Waals surface area contributed by atoms with Crippen LogP contribution in [0.5, 0.6) is 0 Å². The van der Waals surface area contributed by atoms with Crippen molar-refractivity contribution in [3.05, 3.63) is 0 Å². The molecule has 1 saturated heterocycles. The Hall–Kier alpha value is -0.843. The highest BCUT2D eigenvalue weighted by atomic mass is 28.3. The van der Waals surface area contributed by atoms with Gasteiger partial charge in [-0.3, -0.25) is 9.59 Å². The van der Waals surface area contributed by atoms with Gasteiger partial charge in [0, 0.05) is 13.5 Å². The average Bonchev–Trinajstić information content (AvgIpc) is 2.27. The molecule has 5 heteroatoms. The maximum atomic E-state index is 11.6. The number of carbonyl (C=O) groups is 2. The molecule has 1 rings (SSSR count). The normalized spacial score (nSPS) is 22.7. The third-order valence-electron chi connectivity index (χ3n) is 2.23.